The minimum absolute atomic E-state index is 0.408. The van der Waals surface area contributed by atoms with E-state index < -0.39 is 59.5 Å². The van der Waals surface area contributed by atoms with Gasteiger partial charge in [-0.2, -0.15) is 13.2 Å². The normalized spacial score (nSPS) is 17.7. The zero-order valence-electron chi connectivity index (χ0n) is 20.2. The number of rotatable bonds is 3. The number of aromatic nitrogens is 1. The van der Waals surface area contributed by atoms with Gasteiger partial charge in [-0.1, -0.05) is 24.3 Å². The molecule has 0 saturated heterocycles. The molecule has 1 aromatic heterocycles. The molecule has 0 N–H and O–H groups in total. The number of nitrogens with zero attached hydrogens (tertiary/aromatic N) is 3. The summed E-state index contributed by atoms with van der Waals surface area (Å²) >= 11 is 1.45. The summed E-state index contributed by atoms with van der Waals surface area (Å²) in [4.78, 5) is 39.4. The summed E-state index contributed by atoms with van der Waals surface area (Å²) in [5.41, 5.74) is 0.631. The van der Waals surface area contributed by atoms with Crippen LogP contribution in [0, 0.1) is 5.82 Å². The van der Waals surface area contributed by atoms with Gasteiger partial charge >= 0.3 is 12.1 Å². The lowest BCUT2D eigenvalue weighted by molar-refractivity contribution is -0.173. The molecule has 0 aliphatic carbocycles. The highest BCUT2D eigenvalue weighted by Crippen LogP contribution is 2.43. The van der Waals surface area contributed by atoms with Crippen molar-refractivity contribution in [2.24, 2.45) is 0 Å². The van der Waals surface area contributed by atoms with Crippen molar-refractivity contribution in [1.29, 1.82) is 0 Å². The Kier molecular flexibility index (Phi) is 6.46. The molecule has 0 saturated carbocycles. The highest BCUT2D eigenvalue weighted by Gasteiger charge is 2.48. The van der Waals surface area contributed by atoms with E-state index in [1.165, 1.54) is 39.8 Å². The Balaban J connectivity index is 1.80. The van der Waals surface area contributed by atoms with Crippen molar-refractivity contribution in [2.45, 2.75) is 42.8 Å². The molecule has 38 heavy (non-hydrogen) atoms. The second-order valence-corrected chi connectivity index (χ2v) is 9.96. The third kappa shape index (κ3) is 4.42. The van der Waals surface area contributed by atoms with Crippen LogP contribution in [0.1, 0.15) is 47.1 Å². The summed E-state index contributed by atoms with van der Waals surface area (Å²) in [6, 6.07) is 9.56. The topological polar surface area (TPSA) is 71.8 Å². The third-order valence-corrected chi connectivity index (χ3v) is 7.69. The Morgan fingerprint density at radius 1 is 1.11 bits per heavy atom. The first kappa shape index (κ1) is 25.8. The molecule has 3 heterocycles. The zero-order chi connectivity index (χ0) is 27.4. The van der Waals surface area contributed by atoms with Crippen LogP contribution in [-0.4, -0.2) is 40.3 Å². The molecule has 0 fully saturated rings. The summed E-state index contributed by atoms with van der Waals surface area (Å²) in [6.45, 7) is 1.35. The Morgan fingerprint density at radius 3 is 2.55 bits per heavy atom. The van der Waals surface area contributed by atoms with Gasteiger partial charge in [-0.05, 0) is 41.8 Å². The van der Waals surface area contributed by atoms with Crippen molar-refractivity contribution in [3.8, 4) is 5.75 Å². The minimum Gasteiger partial charge on any atom is -0.420 e. The number of pyridine rings is 1. The molecular weight excluding hydrogens is 526 g/mol. The smallest absolute Gasteiger partial charge is 0.408 e. The number of carbonyl (C=O) groups excluding carboxylic acids is 2. The maximum atomic E-state index is 14.2. The van der Waals surface area contributed by atoms with Crippen LogP contribution in [0.15, 0.2) is 64.4 Å². The molecule has 0 unspecified atom stereocenters. The number of fused-ring (bicyclic) bond motifs is 3. The van der Waals surface area contributed by atoms with Gasteiger partial charge in [-0.25, -0.2) is 4.39 Å². The average Bonchev–Trinajstić information content (AvgIpc) is 3.01. The van der Waals surface area contributed by atoms with Crippen molar-refractivity contribution < 1.29 is 31.9 Å². The number of thioether (sulfide) groups is 1. The Morgan fingerprint density at radius 2 is 1.84 bits per heavy atom. The monoisotopic (exact) mass is 547 g/mol. The van der Waals surface area contributed by atoms with E-state index in [0.717, 1.165) is 30.4 Å². The largest absolute Gasteiger partial charge is 0.420 e. The van der Waals surface area contributed by atoms with Crippen molar-refractivity contribution in [2.75, 3.05) is 11.7 Å². The molecule has 7 nitrogen and oxygen atoms in total. The van der Waals surface area contributed by atoms with Gasteiger partial charge in [-0.3, -0.25) is 24.1 Å². The van der Waals surface area contributed by atoms with E-state index in [2.05, 4.69) is 0 Å². The lowest BCUT2D eigenvalue weighted by Crippen LogP contribution is -2.60. The summed E-state index contributed by atoms with van der Waals surface area (Å²) in [6.07, 6.45) is -3.51. The quantitative estimate of drug-likeness (QED) is 0.353. The lowest BCUT2D eigenvalue weighted by Gasteiger charge is -2.46. The second kappa shape index (κ2) is 9.50. The number of ether oxygens (including phenoxy) is 1. The summed E-state index contributed by atoms with van der Waals surface area (Å²) in [5, 5.41) is 1.49. The fraction of sp³-hybridized carbons (Fsp3) is 0.269. The van der Waals surface area contributed by atoms with E-state index in [1.807, 2.05) is 18.2 Å². The Labute approximate surface area is 218 Å². The first-order valence-electron chi connectivity index (χ1n) is 11.6. The second-order valence-electron chi connectivity index (χ2n) is 8.94. The molecule has 3 aromatic rings. The molecule has 198 valence electrons. The number of hydrogen-bond donors (Lipinski definition) is 0. The van der Waals surface area contributed by atoms with Gasteiger partial charge in [0, 0.05) is 29.8 Å². The number of alkyl halides is 3. The number of amides is 1. The van der Waals surface area contributed by atoms with E-state index >= 15 is 0 Å². The fourth-order valence-electron chi connectivity index (χ4n) is 4.71. The highest BCUT2D eigenvalue weighted by atomic mass is 32.2. The molecule has 0 bridgehead atoms. The average molecular weight is 548 g/mol. The Bertz CT molecular complexity index is 1510. The molecule has 2 aliphatic heterocycles. The van der Waals surface area contributed by atoms with Gasteiger partial charge in [0.2, 0.25) is 11.2 Å². The van der Waals surface area contributed by atoms with Crippen molar-refractivity contribution in [1.82, 2.24) is 9.58 Å². The van der Waals surface area contributed by atoms with Gasteiger partial charge in [0.05, 0.1) is 6.04 Å². The van der Waals surface area contributed by atoms with Gasteiger partial charge in [0.1, 0.15) is 18.5 Å². The van der Waals surface area contributed by atoms with Crippen LogP contribution in [0.25, 0.3) is 0 Å². The number of carbonyl (C=O) groups is 2. The third-order valence-electron chi connectivity index (χ3n) is 6.55. The minimum atomic E-state index is -4.78. The van der Waals surface area contributed by atoms with E-state index in [9.17, 15) is 31.9 Å². The molecule has 12 heteroatoms. The Hall–Kier alpha value is -3.80. The standard InChI is InChI=1S/C26H21F4N3O4S/c1-14(26(28,29)30)31-13-33(32-10-9-20(35)24(37-15(2)34)23(32)25(31)36)22-18-8-7-17(27)11-16(18)12-38-21-6-4-3-5-19(21)22/h3-11,14,22H,12-13H2,1-2H3/t14-,22+/m0/s1. The fourth-order valence-corrected chi connectivity index (χ4v) is 5.80. The van der Waals surface area contributed by atoms with E-state index in [0.29, 0.717) is 21.8 Å². The van der Waals surface area contributed by atoms with Crippen LogP contribution in [0.4, 0.5) is 17.6 Å². The van der Waals surface area contributed by atoms with Crippen molar-refractivity contribution in [3.05, 3.63) is 93.2 Å². The van der Waals surface area contributed by atoms with E-state index in [-0.39, 0.29) is 0 Å². The van der Waals surface area contributed by atoms with Gasteiger partial charge < -0.3 is 9.64 Å². The van der Waals surface area contributed by atoms with E-state index in [1.54, 1.807) is 12.1 Å². The number of halogens is 4. The highest BCUT2D eigenvalue weighted by molar-refractivity contribution is 7.98. The first-order chi connectivity index (χ1) is 18.0. The van der Waals surface area contributed by atoms with Crippen LogP contribution < -0.4 is 15.2 Å². The van der Waals surface area contributed by atoms with Crippen LogP contribution in [0.5, 0.6) is 5.75 Å². The van der Waals surface area contributed by atoms with Gasteiger partial charge in [0.25, 0.3) is 5.91 Å². The molecule has 2 atom stereocenters. The predicted octanol–water partition coefficient (Wildman–Crippen LogP) is 4.61. The molecule has 2 aliphatic rings. The zero-order valence-corrected chi connectivity index (χ0v) is 21.0. The van der Waals surface area contributed by atoms with Crippen LogP contribution in [0.2, 0.25) is 0 Å². The SMILES string of the molecule is CC(=O)Oc1c2n(ccc1=O)N([C@@H]1c3ccc(F)cc3CSc3ccccc31)CN([C@@H](C)C(F)(F)F)C2=O. The molecule has 5 rings (SSSR count). The predicted molar refractivity (Wildman–Crippen MR) is 131 cm³/mol. The molecule has 1 amide bonds. The summed E-state index contributed by atoms with van der Waals surface area (Å²) in [7, 11) is 0. The maximum Gasteiger partial charge on any atom is 0.408 e. The van der Waals surface area contributed by atoms with Crippen LogP contribution in [0.3, 0.4) is 0 Å². The van der Waals surface area contributed by atoms with Crippen LogP contribution >= 0.6 is 11.8 Å². The molecular formula is C26H21F4N3O4S. The molecule has 0 spiro atoms. The molecule has 2 aromatic carbocycles. The molecule has 0 radical (unpaired) electrons. The van der Waals surface area contributed by atoms with Crippen molar-refractivity contribution in [3.63, 3.8) is 0 Å². The summed E-state index contributed by atoms with van der Waals surface area (Å²) in [5.74, 6) is -2.74. The van der Waals surface area contributed by atoms with Crippen LogP contribution in [-0.2, 0) is 10.5 Å². The van der Waals surface area contributed by atoms with Gasteiger partial charge in [0.15, 0.2) is 5.69 Å². The summed E-state index contributed by atoms with van der Waals surface area (Å²) < 4.78 is 62.3. The van der Waals surface area contributed by atoms with E-state index in [4.69, 9.17) is 4.74 Å². The lowest BCUT2D eigenvalue weighted by atomic mass is 9.94. The number of hydrogen-bond acceptors (Lipinski definition) is 6. The van der Waals surface area contributed by atoms with Gasteiger partial charge in [-0.15, -0.1) is 11.8 Å². The first-order valence-corrected chi connectivity index (χ1v) is 12.5. The number of esters is 1. The van der Waals surface area contributed by atoms with Crippen molar-refractivity contribution >= 4 is 23.6 Å². The maximum absolute atomic E-state index is 14.2. The number of benzene rings is 2.